The lowest BCUT2D eigenvalue weighted by Gasteiger charge is -2.12. The second kappa shape index (κ2) is 7.62. The molecule has 0 saturated heterocycles. The van der Waals surface area contributed by atoms with Crippen LogP contribution >= 0.6 is 0 Å². The summed E-state index contributed by atoms with van der Waals surface area (Å²) in [6, 6.07) is -0.0504. The van der Waals surface area contributed by atoms with Gasteiger partial charge in [0.2, 0.25) is 10.0 Å². The molecule has 0 fully saturated rings. The summed E-state index contributed by atoms with van der Waals surface area (Å²) in [6.07, 6.45) is 5.89. The van der Waals surface area contributed by atoms with E-state index in [-0.39, 0.29) is 10.9 Å². The van der Waals surface area contributed by atoms with Gasteiger partial charge in [0.1, 0.15) is 4.90 Å². The standard InChI is InChI=1S/C12H24N4O2S/c1-4-5-6-11(2)15-19(17,18)12-9-14-16(10-12)8-7-13-3/h9-11,13,15H,4-8H2,1-3H3. The van der Waals surface area contributed by atoms with Gasteiger partial charge in [0.25, 0.3) is 0 Å². The lowest BCUT2D eigenvalue weighted by molar-refractivity contribution is 0.534. The highest BCUT2D eigenvalue weighted by atomic mass is 32.2. The molecule has 2 N–H and O–H groups in total. The highest BCUT2D eigenvalue weighted by Gasteiger charge is 2.18. The maximum Gasteiger partial charge on any atom is 0.243 e. The van der Waals surface area contributed by atoms with E-state index < -0.39 is 10.0 Å². The van der Waals surface area contributed by atoms with Crippen LogP contribution in [0.25, 0.3) is 0 Å². The lowest BCUT2D eigenvalue weighted by Crippen LogP contribution is -2.32. The third-order valence-corrected chi connectivity index (χ3v) is 4.40. The Hall–Kier alpha value is -0.920. The van der Waals surface area contributed by atoms with Gasteiger partial charge in [-0.15, -0.1) is 0 Å². The highest BCUT2D eigenvalue weighted by molar-refractivity contribution is 7.89. The number of sulfonamides is 1. The van der Waals surface area contributed by atoms with Gasteiger partial charge in [0.05, 0.1) is 12.7 Å². The highest BCUT2D eigenvalue weighted by Crippen LogP contribution is 2.09. The van der Waals surface area contributed by atoms with Gasteiger partial charge in [-0.05, 0) is 20.4 Å². The van der Waals surface area contributed by atoms with Crippen LogP contribution in [0.15, 0.2) is 17.3 Å². The summed E-state index contributed by atoms with van der Waals surface area (Å²) in [5.41, 5.74) is 0. The van der Waals surface area contributed by atoms with Gasteiger partial charge in [-0.25, -0.2) is 13.1 Å². The first kappa shape index (κ1) is 16.1. The quantitative estimate of drug-likeness (QED) is 0.709. The molecule has 0 amide bonds. The molecule has 0 saturated carbocycles. The molecule has 0 aliphatic heterocycles. The number of rotatable bonds is 9. The summed E-state index contributed by atoms with van der Waals surface area (Å²) in [4.78, 5) is 0.229. The van der Waals surface area contributed by atoms with E-state index >= 15 is 0 Å². The minimum Gasteiger partial charge on any atom is -0.318 e. The Kier molecular flexibility index (Phi) is 6.47. The first-order valence-electron chi connectivity index (χ1n) is 6.69. The van der Waals surface area contributed by atoms with Crippen LogP contribution in [0.3, 0.4) is 0 Å². The molecule has 1 aromatic heterocycles. The van der Waals surface area contributed by atoms with E-state index in [0.29, 0.717) is 6.54 Å². The van der Waals surface area contributed by atoms with Crippen LogP contribution in [0.2, 0.25) is 0 Å². The third-order valence-electron chi connectivity index (χ3n) is 2.86. The zero-order valence-corrected chi connectivity index (χ0v) is 12.7. The first-order chi connectivity index (χ1) is 8.99. The van der Waals surface area contributed by atoms with Gasteiger partial charge in [0.15, 0.2) is 0 Å². The van der Waals surface area contributed by atoms with Crippen molar-refractivity contribution in [1.82, 2.24) is 19.8 Å². The molecular weight excluding hydrogens is 264 g/mol. The largest absolute Gasteiger partial charge is 0.318 e. The van der Waals surface area contributed by atoms with Crippen molar-refractivity contribution in [2.75, 3.05) is 13.6 Å². The van der Waals surface area contributed by atoms with Gasteiger partial charge in [-0.3, -0.25) is 4.68 Å². The Morgan fingerprint density at radius 2 is 2.21 bits per heavy atom. The summed E-state index contributed by atoms with van der Waals surface area (Å²) in [5, 5.41) is 7.04. The zero-order chi connectivity index (χ0) is 14.3. The van der Waals surface area contributed by atoms with Crippen LogP contribution in [-0.2, 0) is 16.6 Å². The van der Waals surface area contributed by atoms with Crippen LogP contribution < -0.4 is 10.0 Å². The number of nitrogens with one attached hydrogen (secondary N) is 2. The van der Waals surface area contributed by atoms with Gasteiger partial charge in [0, 0.05) is 18.8 Å². The van der Waals surface area contributed by atoms with Crippen molar-refractivity contribution >= 4 is 10.0 Å². The van der Waals surface area contributed by atoms with Gasteiger partial charge in [-0.2, -0.15) is 5.10 Å². The molecule has 1 heterocycles. The van der Waals surface area contributed by atoms with E-state index in [2.05, 4.69) is 22.1 Å². The van der Waals surface area contributed by atoms with Crippen LogP contribution in [0.1, 0.15) is 33.1 Å². The number of hydrogen-bond acceptors (Lipinski definition) is 4. The molecular formula is C12H24N4O2S. The fraction of sp³-hybridized carbons (Fsp3) is 0.750. The zero-order valence-electron chi connectivity index (χ0n) is 11.9. The summed E-state index contributed by atoms with van der Waals surface area (Å²) in [5.74, 6) is 0. The Bertz CT molecular complexity index is 470. The van der Waals surface area contributed by atoms with Crippen LogP contribution in [-0.4, -0.2) is 37.8 Å². The first-order valence-corrected chi connectivity index (χ1v) is 8.17. The lowest BCUT2D eigenvalue weighted by atomic mass is 10.2. The summed E-state index contributed by atoms with van der Waals surface area (Å²) in [7, 11) is -1.60. The van der Waals surface area contributed by atoms with Crippen molar-refractivity contribution in [1.29, 1.82) is 0 Å². The molecule has 0 aliphatic rings. The minimum absolute atomic E-state index is 0.0504. The van der Waals surface area contributed by atoms with Gasteiger partial charge >= 0.3 is 0 Å². The maximum absolute atomic E-state index is 12.1. The predicted molar refractivity (Wildman–Crippen MR) is 75.5 cm³/mol. The monoisotopic (exact) mass is 288 g/mol. The van der Waals surface area contributed by atoms with Crippen LogP contribution in [0, 0.1) is 0 Å². The van der Waals surface area contributed by atoms with E-state index in [1.807, 2.05) is 14.0 Å². The Balaban J connectivity index is 2.63. The number of hydrogen-bond donors (Lipinski definition) is 2. The third kappa shape index (κ3) is 5.30. The van der Waals surface area contributed by atoms with Crippen molar-refractivity contribution in [3.63, 3.8) is 0 Å². The van der Waals surface area contributed by atoms with Crippen molar-refractivity contribution in [2.45, 2.75) is 50.6 Å². The van der Waals surface area contributed by atoms with E-state index in [1.165, 1.54) is 6.20 Å². The molecule has 0 bridgehead atoms. The van der Waals surface area contributed by atoms with E-state index in [9.17, 15) is 8.42 Å². The minimum atomic E-state index is -3.45. The molecule has 1 atom stereocenters. The van der Waals surface area contributed by atoms with Crippen molar-refractivity contribution in [3.05, 3.63) is 12.4 Å². The molecule has 7 heteroatoms. The number of likely N-dealkylation sites (N-methyl/N-ethyl adjacent to an activating group) is 1. The number of aromatic nitrogens is 2. The molecule has 1 rings (SSSR count). The molecule has 0 aromatic carbocycles. The van der Waals surface area contributed by atoms with Crippen molar-refractivity contribution in [2.24, 2.45) is 0 Å². The normalized spacial score (nSPS) is 13.6. The topological polar surface area (TPSA) is 76.0 Å². The molecule has 0 spiro atoms. The second-order valence-corrected chi connectivity index (χ2v) is 6.42. The number of nitrogens with zero attached hydrogens (tertiary/aromatic N) is 2. The summed E-state index contributed by atoms with van der Waals surface area (Å²) in [6.45, 7) is 5.38. The maximum atomic E-state index is 12.1. The van der Waals surface area contributed by atoms with Gasteiger partial charge < -0.3 is 5.32 Å². The molecule has 1 unspecified atom stereocenters. The molecule has 6 nitrogen and oxygen atoms in total. The number of unbranched alkanes of at least 4 members (excludes halogenated alkanes) is 1. The van der Waals surface area contributed by atoms with Gasteiger partial charge in [-0.1, -0.05) is 19.8 Å². The Morgan fingerprint density at radius 1 is 1.47 bits per heavy atom. The van der Waals surface area contributed by atoms with Crippen LogP contribution in [0.4, 0.5) is 0 Å². The fourth-order valence-electron chi connectivity index (χ4n) is 1.73. The molecule has 0 radical (unpaired) electrons. The average Bonchev–Trinajstić information content (AvgIpc) is 2.83. The molecule has 1 aromatic rings. The summed E-state index contributed by atoms with van der Waals surface area (Å²) >= 11 is 0. The molecule has 110 valence electrons. The second-order valence-electron chi connectivity index (χ2n) is 4.71. The fourth-order valence-corrected chi connectivity index (χ4v) is 2.96. The smallest absolute Gasteiger partial charge is 0.243 e. The van der Waals surface area contributed by atoms with Crippen molar-refractivity contribution in [3.8, 4) is 0 Å². The average molecular weight is 288 g/mol. The molecule has 0 aliphatic carbocycles. The van der Waals surface area contributed by atoms with E-state index in [0.717, 1.165) is 25.8 Å². The molecule has 19 heavy (non-hydrogen) atoms. The predicted octanol–water partition coefficient (Wildman–Crippen LogP) is 0.960. The van der Waals surface area contributed by atoms with E-state index in [1.54, 1.807) is 10.9 Å². The summed E-state index contributed by atoms with van der Waals surface area (Å²) < 4.78 is 28.5. The Labute approximate surface area is 115 Å². The Morgan fingerprint density at radius 3 is 2.84 bits per heavy atom. The van der Waals surface area contributed by atoms with Crippen molar-refractivity contribution < 1.29 is 8.42 Å². The van der Waals surface area contributed by atoms with E-state index in [4.69, 9.17) is 0 Å². The van der Waals surface area contributed by atoms with Crippen LogP contribution in [0.5, 0.6) is 0 Å². The SMILES string of the molecule is CCCCC(C)NS(=O)(=O)c1cnn(CCNC)c1.